The lowest BCUT2D eigenvalue weighted by Gasteiger charge is -2.43. The maximum Gasteiger partial charge on any atom is 0.345 e. The van der Waals surface area contributed by atoms with Gasteiger partial charge in [0.25, 0.3) is 8.32 Å². The Morgan fingerprint density at radius 2 is 1.43 bits per heavy atom. The monoisotopic (exact) mass is 616 g/mol. The number of benzene rings is 3. The molecule has 0 aromatic heterocycles. The van der Waals surface area contributed by atoms with E-state index in [0.717, 1.165) is 0 Å². The van der Waals surface area contributed by atoms with Gasteiger partial charge in [-0.2, -0.15) is 0 Å². The van der Waals surface area contributed by atoms with Crippen molar-refractivity contribution >= 4 is 30.7 Å². The summed E-state index contributed by atoms with van der Waals surface area (Å²) in [5.74, 6) is -1.24. The zero-order valence-electron chi connectivity index (χ0n) is 27.0. The minimum atomic E-state index is -2.76. The van der Waals surface area contributed by atoms with Gasteiger partial charge in [0.1, 0.15) is 23.2 Å². The van der Waals surface area contributed by atoms with Crippen LogP contribution in [0.3, 0.4) is 0 Å². The zero-order chi connectivity index (χ0) is 31.8. The Hall–Kier alpha value is -3.43. The van der Waals surface area contributed by atoms with Gasteiger partial charge in [0.05, 0.1) is 19.8 Å². The van der Waals surface area contributed by atoms with Gasteiger partial charge in [-0.1, -0.05) is 93.6 Å². The number of hydrogen-bond donors (Lipinski definition) is 0. The molecule has 1 fully saturated rings. The molecule has 0 radical (unpaired) electrons. The molecule has 0 aliphatic carbocycles. The van der Waals surface area contributed by atoms with Crippen LogP contribution in [0.1, 0.15) is 70.8 Å². The second kappa shape index (κ2) is 12.2. The van der Waals surface area contributed by atoms with E-state index in [9.17, 15) is 4.79 Å². The molecule has 3 aromatic carbocycles. The van der Waals surface area contributed by atoms with E-state index in [2.05, 4.69) is 69.3 Å². The molecular formula is C36H44O7Si. The molecule has 0 spiro atoms. The standard InChI is InChI=1S/C36H44O7Si/c1-34(2,3)44(27-17-11-9-12-18-27,28-19-13-10-14-20-28)39-24-31-29(40-35(4,5)42-31)21-15-16-25-22-26(38-8)23-30-32(25)33(37)43-36(6,7)41-30/h9-20,22-23,29,31H,21,24H2,1-8H3/b16-15+/t29-,31+/m0/s1. The van der Waals surface area contributed by atoms with E-state index in [4.69, 9.17) is 28.1 Å². The van der Waals surface area contributed by atoms with Gasteiger partial charge in [0, 0.05) is 19.9 Å². The van der Waals surface area contributed by atoms with Crippen molar-refractivity contribution in [2.75, 3.05) is 13.7 Å². The van der Waals surface area contributed by atoms with Gasteiger partial charge in [-0.05, 0) is 47.3 Å². The fourth-order valence-electron chi connectivity index (χ4n) is 6.27. The van der Waals surface area contributed by atoms with E-state index < -0.39 is 25.9 Å². The first kappa shape index (κ1) is 32.0. The average Bonchev–Trinajstić information content (AvgIpc) is 3.25. The van der Waals surface area contributed by atoms with Crippen molar-refractivity contribution in [3.63, 3.8) is 0 Å². The maximum absolute atomic E-state index is 12.9. The number of carbonyl (C=O) groups is 1. The molecule has 44 heavy (non-hydrogen) atoms. The molecule has 2 atom stereocenters. The summed E-state index contributed by atoms with van der Waals surface area (Å²) in [4.78, 5) is 12.9. The molecule has 5 rings (SSSR count). The largest absolute Gasteiger partial charge is 0.497 e. The maximum atomic E-state index is 12.9. The van der Waals surface area contributed by atoms with Crippen molar-refractivity contribution in [2.24, 2.45) is 0 Å². The Balaban J connectivity index is 1.42. The molecule has 2 aliphatic rings. The van der Waals surface area contributed by atoms with Crippen molar-refractivity contribution in [1.82, 2.24) is 0 Å². The van der Waals surface area contributed by atoms with E-state index in [-0.39, 0.29) is 17.2 Å². The summed E-state index contributed by atoms with van der Waals surface area (Å²) in [7, 11) is -1.17. The number of carbonyl (C=O) groups excluding carboxylic acids is 1. The first-order chi connectivity index (χ1) is 20.7. The first-order valence-corrected chi connectivity index (χ1v) is 17.1. The Labute approximate surface area is 262 Å². The number of rotatable bonds is 9. The van der Waals surface area contributed by atoms with Crippen LogP contribution in [0.15, 0.2) is 78.9 Å². The van der Waals surface area contributed by atoms with Crippen LogP contribution in [0.4, 0.5) is 0 Å². The SMILES string of the molecule is COc1cc(/C=C/C[C@@H]2OC(C)(C)O[C@@H]2CO[Si](c2ccccc2)(c2ccccc2)C(C)(C)C)c2c(c1)OC(C)(C)OC2=O. The minimum Gasteiger partial charge on any atom is -0.497 e. The van der Waals surface area contributed by atoms with Crippen LogP contribution >= 0.6 is 0 Å². The van der Waals surface area contributed by atoms with Gasteiger partial charge < -0.3 is 28.1 Å². The van der Waals surface area contributed by atoms with Crippen molar-refractivity contribution in [3.05, 3.63) is 90.0 Å². The van der Waals surface area contributed by atoms with Crippen LogP contribution in [-0.4, -0.2) is 51.8 Å². The van der Waals surface area contributed by atoms with Crippen LogP contribution in [0.5, 0.6) is 11.5 Å². The number of cyclic esters (lactones) is 1. The topological polar surface area (TPSA) is 72.5 Å². The van der Waals surface area contributed by atoms with Crippen LogP contribution in [0.25, 0.3) is 6.08 Å². The van der Waals surface area contributed by atoms with E-state index in [1.807, 2.05) is 38.1 Å². The quantitative estimate of drug-likeness (QED) is 0.201. The van der Waals surface area contributed by atoms with E-state index in [1.54, 1.807) is 33.1 Å². The summed E-state index contributed by atoms with van der Waals surface area (Å²) < 4.78 is 37.0. The molecule has 0 amide bonds. The van der Waals surface area contributed by atoms with Crippen LogP contribution in [0.2, 0.25) is 5.04 Å². The lowest BCUT2D eigenvalue weighted by molar-refractivity contribution is -0.148. The van der Waals surface area contributed by atoms with Crippen molar-refractivity contribution in [3.8, 4) is 11.5 Å². The van der Waals surface area contributed by atoms with Gasteiger partial charge in [-0.3, -0.25) is 0 Å². The third-order valence-corrected chi connectivity index (χ3v) is 13.1. The second-order valence-electron chi connectivity index (χ2n) is 13.3. The normalized spacial score (nSPS) is 21.0. The van der Waals surface area contributed by atoms with E-state index >= 15 is 0 Å². The number of methoxy groups -OCH3 is 1. The Kier molecular flexibility index (Phi) is 8.84. The Morgan fingerprint density at radius 1 is 0.841 bits per heavy atom. The molecule has 0 N–H and O–H groups in total. The van der Waals surface area contributed by atoms with Gasteiger partial charge in [0.15, 0.2) is 5.79 Å². The van der Waals surface area contributed by atoms with Gasteiger partial charge in [0.2, 0.25) is 5.79 Å². The Bertz CT molecular complexity index is 1450. The molecule has 0 saturated carbocycles. The summed E-state index contributed by atoms with van der Waals surface area (Å²) in [6, 6.07) is 24.7. The van der Waals surface area contributed by atoms with E-state index in [0.29, 0.717) is 35.7 Å². The predicted octanol–water partition coefficient (Wildman–Crippen LogP) is 6.48. The fraction of sp³-hybridized carbons (Fsp3) is 0.417. The molecule has 0 unspecified atom stereocenters. The molecule has 7 nitrogen and oxygen atoms in total. The highest BCUT2D eigenvalue weighted by atomic mass is 28.4. The van der Waals surface area contributed by atoms with Crippen LogP contribution < -0.4 is 19.8 Å². The molecule has 0 bridgehead atoms. The summed E-state index contributed by atoms with van der Waals surface area (Å²) in [5.41, 5.74) is 1.02. The van der Waals surface area contributed by atoms with E-state index in [1.165, 1.54) is 10.4 Å². The van der Waals surface area contributed by atoms with Crippen molar-refractivity contribution in [2.45, 2.75) is 83.7 Å². The number of esters is 1. The smallest absolute Gasteiger partial charge is 0.345 e. The first-order valence-electron chi connectivity index (χ1n) is 15.2. The molecule has 8 heteroatoms. The van der Waals surface area contributed by atoms with Crippen molar-refractivity contribution < 1.29 is 32.9 Å². The zero-order valence-corrected chi connectivity index (χ0v) is 28.0. The summed E-state index contributed by atoms with van der Waals surface area (Å²) in [6.45, 7) is 14.4. The third-order valence-electron chi connectivity index (χ3n) is 8.07. The van der Waals surface area contributed by atoms with Crippen LogP contribution in [0, 0.1) is 0 Å². The molecule has 2 aliphatic heterocycles. The molecule has 234 valence electrons. The molecular weight excluding hydrogens is 572 g/mol. The van der Waals surface area contributed by atoms with Crippen LogP contribution in [-0.2, 0) is 18.6 Å². The highest BCUT2D eigenvalue weighted by Gasteiger charge is 2.51. The second-order valence-corrected chi connectivity index (χ2v) is 17.6. The van der Waals surface area contributed by atoms with Gasteiger partial charge >= 0.3 is 5.97 Å². The van der Waals surface area contributed by atoms with Gasteiger partial charge in [-0.25, -0.2) is 4.79 Å². The Morgan fingerprint density at radius 3 is 2.00 bits per heavy atom. The minimum absolute atomic E-state index is 0.156. The highest BCUT2D eigenvalue weighted by molar-refractivity contribution is 6.99. The average molecular weight is 617 g/mol. The highest BCUT2D eigenvalue weighted by Crippen LogP contribution is 2.40. The predicted molar refractivity (Wildman–Crippen MR) is 174 cm³/mol. The van der Waals surface area contributed by atoms with Gasteiger partial charge in [-0.15, -0.1) is 0 Å². The summed E-state index contributed by atoms with van der Waals surface area (Å²) >= 11 is 0. The molecule has 2 heterocycles. The molecule has 1 saturated heterocycles. The summed E-state index contributed by atoms with van der Waals surface area (Å²) in [5, 5.41) is 2.28. The number of ether oxygens (including phenoxy) is 5. The fourth-order valence-corrected chi connectivity index (χ4v) is 10.8. The number of fused-ring (bicyclic) bond motifs is 1. The third kappa shape index (κ3) is 6.49. The number of hydrogen-bond acceptors (Lipinski definition) is 7. The summed E-state index contributed by atoms with van der Waals surface area (Å²) in [6.07, 6.45) is 3.87. The lowest BCUT2D eigenvalue weighted by Crippen LogP contribution is -2.67. The van der Waals surface area contributed by atoms with Crippen molar-refractivity contribution in [1.29, 1.82) is 0 Å². The molecule has 3 aromatic rings. The lowest BCUT2D eigenvalue weighted by atomic mass is 10.0.